The summed E-state index contributed by atoms with van der Waals surface area (Å²) in [5.74, 6) is 0.391. The molecule has 1 heterocycles. The number of carbonyl (C=O) groups excluding carboxylic acids is 1. The molecule has 152 valence electrons. The van der Waals surface area contributed by atoms with Crippen LogP contribution < -0.4 is 9.47 Å². The number of aliphatic carboxylic acids is 1. The van der Waals surface area contributed by atoms with Crippen LogP contribution in [-0.2, 0) is 9.59 Å². The van der Waals surface area contributed by atoms with Crippen molar-refractivity contribution in [2.45, 2.75) is 39.0 Å². The van der Waals surface area contributed by atoms with E-state index in [-0.39, 0.29) is 12.3 Å². The second-order valence-electron chi connectivity index (χ2n) is 6.30. The highest BCUT2D eigenvalue weighted by molar-refractivity contribution is 8.26. The number of amides is 1. The third kappa shape index (κ3) is 6.24. The fourth-order valence-corrected chi connectivity index (χ4v) is 3.98. The summed E-state index contributed by atoms with van der Waals surface area (Å²) in [6, 6.07) is 5.54. The predicted octanol–water partition coefficient (Wildman–Crippen LogP) is 4.33. The molecule has 28 heavy (non-hydrogen) atoms. The molecule has 1 saturated heterocycles. The Balaban J connectivity index is 2.03. The molecular formula is C20H25NO5S2. The van der Waals surface area contributed by atoms with Crippen molar-refractivity contribution in [3.8, 4) is 11.5 Å². The Hall–Kier alpha value is -2.06. The molecule has 1 aliphatic rings. The minimum Gasteiger partial charge on any atom is -0.493 e. The van der Waals surface area contributed by atoms with E-state index in [0.29, 0.717) is 40.3 Å². The lowest BCUT2D eigenvalue weighted by atomic mass is 10.1. The normalized spacial score (nSPS) is 15.4. The van der Waals surface area contributed by atoms with Gasteiger partial charge in [-0.3, -0.25) is 14.5 Å². The second-order valence-corrected chi connectivity index (χ2v) is 7.97. The molecule has 1 N–H and O–H groups in total. The number of rotatable bonds is 11. The van der Waals surface area contributed by atoms with Crippen LogP contribution in [0.1, 0.15) is 44.6 Å². The zero-order valence-electron chi connectivity index (χ0n) is 16.1. The van der Waals surface area contributed by atoms with Gasteiger partial charge in [-0.15, -0.1) is 0 Å². The summed E-state index contributed by atoms with van der Waals surface area (Å²) in [5.41, 5.74) is 0.842. The van der Waals surface area contributed by atoms with Crippen LogP contribution in [0.4, 0.5) is 0 Å². The van der Waals surface area contributed by atoms with Crippen LogP contribution >= 0.6 is 24.0 Å². The molecule has 0 aliphatic carbocycles. The van der Waals surface area contributed by atoms with E-state index in [4.69, 9.17) is 26.8 Å². The van der Waals surface area contributed by atoms with Crippen molar-refractivity contribution in [3.63, 3.8) is 0 Å². The van der Waals surface area contributed by atoms with Crippen LogP contribution in [0.2, 0.25) is 0 Å². The first-order chi connectivity index (χ1) is 13.5. The Morgan fingerprint density at radius 2 is 2.07 bits per heavy atom. The number of carboxylic acid groups (broad SMARTS) is 1. The number of nitrogens with zero attached hydrogens (tertiary/aromatic N) is 1. The lowest BCUT2D eigenvalue weighted by Gasteiger charge is -2.13. The average molecular weight is 424 g/mol. The Morgan fingerprint density at radius 1 is 1.29 bits per heavy atom. The molecule has 0 unspecified atom stereocenters. The Kier molecular flexibility index (Phi) is 8.79. The van der Waals surface area contributed by atoms with E-state index >= 15 is 0 Å². The van der Waals surface area contributed by atoms with Crippen LogP contribution in [0.25, 0.3) is 6.08 Å². The molecule has 2 rings (SSSR count). The largest absolute Gasteiger partial charge is 0.493 e. The van der Waals surface area contributed by atoms with E-state index in [1.54, 1.807) is 12.0 Å². The van der Waals surface area contributed by atoms with Gasteiger partial charge in [0.1, 0.15) is 4.32 Å². The van der Waals surface area contributed by atoms with Gasteiger partial charge in [0.25, 0.3) is 5.91 Å². The van der Waals surface area contributed by atoms with E-state index in [1.807, 2.05) is 31.2 Å². The summed E-state index contributed by atoms with van der Waals surface area (Å²) in [4.78, 5) is 25.4. The van der Waals surface area contributed by atoms with E-state index in [9.17, 15) is 9.59 Å². The number of thiocarbonyl (C=S) groups is 1. The first-order valence-corrected chi connectivity index (χ1v) is 10.5. The van der Waals surface area contributed by atoms with Gasteiger partial charge in [-0.1, -0.05) is 43.4 Å². The standard InChI is InChI=1S/C20H25NO5S2/c1-3-11-26-16-12-14(8-9-15(16)25-2)13-17-19(24)21(20(27)28-17)10-6-4-5-7-18(22)23/h8-9,12-13H,3-7,10-11H2,1-2H3,(H,22,23)/b17-13-. The van der Waals surface area contributed by atoms with Gasteiger partial charge < -0.3 is 14.6 Å². The monoisotopic (exact) mass is 423 g/mol. The van der Waals surface area contributed by atoms with Crippen molar-refractivity contribution in [1.29, 1.82) is 0 Å². The number of benzene rings is 1. The number of unbranched alkanes of at least 4 members (excludes halogenated alkanes) is 2. The molecule has 6 nitrogen and oxygen atoms in total. The van der Waals surface area contributed by atoms with Crippen LogP contribution in [0.5, 0.6) is 11.5 Å². The van der Waals surface area contributed by atoms with Crippen molar-refractivity contribution in [2.24, 2.45) is 0 Å². The molecule has 1 aliphatic heterocycles. The summed E-state index contributed by atoms with van der Waals surface area (Å²) in [6.07, 6.45) is 4.93. The minimum absolute atomic E-state index is 0.111. The molecular weight excluding hydrogens is 398 g/mol. The topological polar surface area (TPSA) is 76.1 Å². The molecule has 0 aromatic heterocycles. The molecule has 0 saturated carbocycles. The number of hydrogen-bond donors (Lipinski definition) is 1. The Labute approximate surface area is 174 Å². The summed E-state index contributed by atoms with van der Waals surface area (Å²) >= 11 is 6.62. The number of carboxylic acids is 1. The SMILES string of the molecule is CCCOc1cc(/C=C2\SC(=S)N(CCCCCC(=O)O)C2=O)ccc1OC. The smallest absolute Gasteiger partial charge is 0.303 e. The maximum absolute atomic E-state index is 12.7. The van der Waals surface area contributed by atoms with Crippen LogP contribution in [0.15, 0.2) is 23.1 Å². The number of carbonyl (C=O) groups is 2. The van der Waals surface area contributed by atoms with E-state index in [1.165, 1.54) is 11.8 Å². The number of methoxy groups -OCH3 is 1. The zero-order chi connectivity index (χ0) is 20.5. The summed E-state index contributed by atoms with van der Waals surface area (Å²) in [6.45, 7) is 3.13. The number of thioether (sulfide) groups is 1. The predicted molar refractivity (Wildman–Crippen MR) is 115 cm³/mol. The van der Waals surface area contributed by atoms with Crippen molar-refractivity contribution in [3.05, 3.63) is 28.7 Å². The van der Waals surface area contributed by atoms with Gasteiger partial charge in [-0.05, 0) is 43.0 Å². The lowest BCUT2D eigenvalue weighted by Crippen LogP contribution is -2.29. The molecule has 1 fully saturated rings. The molecule has 0 atom stereocenters. The maximum atomic E-state index is 12.7. The molecule has 0 bridgehead atoms. The molecule has 1 amide bonds. The van der Waals surface area contributed by atoms with Gasteiger partial charge in [0.05, 0.1) is 18.6 Å². The van der Waals surface area contributed by atoms with Gasteiger partial charge in [0.2, 0.25) is 0 Å². The first kappa shape index (κ1) is 22.2. The van der Waals surface area contributed by atoms with Gasteiger partial charge in [-0.2, -0.15) is 0 Å². The summed E-state index contributed by atoms with van der Waals surface area (Å²) < 4.78 is 11.6. The number of hydrogen-bond acceptors (Lipinski definition) is 6. The third-order valence-corrected chi connectivity index (χ3v) is 5.47. The Bertz CT molecular complexity index is 763. The quantitative estimate of drug-likeness (QED) is 0.322. The molecule has 8 heteroatoms. The fraction of sp³-hybridized carbons (Fsp3) is 0.450. The zero-order valence-corrected chi connectivity index (χ0v) is 17.7. The first-order valence-electron chi connectivity index (χ1n) is 9.24. The lowest BCUT2D eigenvalue weighted by molar-refractivity contribution is -0.137. The molecule has 1 aromatic rings. The second kappa shape index (κ2) is 11.1. The fourth-order valence-electron chi connectivity index (χ4n) is 2.67. The Morgan fingerprint density at radius 3 is 2.75 bits per heavy atom. The van der Waals surface area contributed by atoms with Crippen molar-refractivity contribution >= 4 is 46.3 Å². The highest BCUT2D eigenvalue weighted by Crippen LogP contribution is 2.35. The number of ether oxygens (including phenoxy) is 2. The van der Waals surface area contributed by atoms with Crippen LogP contribution in [-0.4, -0.2) is 46.5 Å². The summed E-state index contributed by atoms with van der Waals surface area (Å²) in [7, 11) is 1.59. The van der Waals surface area contributed by atoms with Gasteiger partial charge >= 0.3 is 5.97 Å². The van der Waals surface area contributed by atoms with E-state index in [2.05, 4.69) is 0 Å². The van der Waals surface area contributed by atoms with Crippen LogP contribution in [0, 0.1) is 0 Å². The maximum Gasteiger partial charge on any atom is 0.303 e. The highest BCUT2D eigenvalue weighted by atomic mass is 32.2. The van der Waals surface area contributed by atoms with Crippen molar-refractivity contribution in [1.82, 2.24) is 4.90 Å². The van der Waals surface area contributed by atoms with E-state index < -0.39 is 5.97 Å². The highest BCUT2D eigenvalue weighted by Gasteiger charge is 2.31. The van der Waals surface area contributed by atoms with Crippen molar-refractivity contribution in [2.75, 3.05) is 20.3 Å². The molecule has 0 spiro atoms. The van der Waals surface area contributed by atoms with Gasteiger partial charge in [0.15, 0.2) is 11.5 Å². The minimum atomic E-state index is -0.796. The molecule has 0 radical (unpaired) electrons. The van der Waals surface area contributed by atoms with Crippen molar-refractivity contribution < 1.29 is 24.2 Å². The summed E-state index contributed by atoms with van der Waals surface area (Å²) in [5, 5.41) is 8.67. The van der Waals surface area contributed by atoms with Crippen LogP contribution in [0.3, 0.4) is 0 Å². The molecule has 1 aromatic carbocycles. The van der Waals surface area contributed by atoms with Gasteiger partial charge in [0, 0.05) is 13.0 Å². The van der Waals surface area contributed by atoms with E-state index in [0.717, 1.165) is 24.8 Å². The average Bonchev–Trinajstić information content (AvgIpc) is 2.93. The third-order valence-electron chi connectivity index (χ3n) is 4.09. The van der Waals surface area contributed by atoms with Gasteiger partial charge in [-0.25, -0.2) is 0 Å².